The van der Waals surface area contributed by atoms with Crippen LogP contribution in [0.3, 0.4) is 0 Å². The quantitative estimate of drug-likeness (QED) is 0.344. The zero-order valence-corrected chi connectivity index (χ0v) is 19.4. The fourth-order valence-electron chi connectivity index (χ4n) is 2.50. The highest BCUT2D eigenvalue weighted by Gasteiger charge is 2.11. The molecule has 7 nitrogen and oxygen atoms in total. The number of aromatic nitrogens is 1. The third kappa shape index (κ3) is 6.98. The van der Waals surface area contributed by atoms with E-state index in [1.54, 1.807) is 12.1 Å². The highest BCUT2D eigenvalue weighted by Crippen LogP contribution is 2.15. The van der Waals surface area contributed by atoms with Crippen LogP contribution in [0.5, 0.6) is 0 Å². The number of rotatable bonds is 6. The topological polar surface area (TPSA) is 92.7 Å². The SMILES string of the molecule is CCNC(=NCc1cccc(S(N)(=O)=O)c1)N(C)Cc1cc(Cl)cn1C.I. The van der Waals surface area contributed by atoms with Gasteiger partial charge in [0.2, 0.25) is 10.0 Å². The van der Waals surface area contributed by atoms with Crippen LogP contribution in [0.4, 0.5) is 0 Å². The summed E-state index contributed by atoms with van der Waals surface area (Å²) < 4.78 is 24.9. The maximum atomic E-state index is 11.5. The summed E-state index contributed by atoms with van der Waals surface area (Å²) in [5, 5.41) is 9.11. The van der Waals surface area contributed by atoms with Crippen molar-refractivity contribution >= 4 is 51.6 Å². The van der Waals surface area contributed by atoms with Crippen LogP contribution in [0, 0.1) is 0 Å². The van der Waals surface area contributed by atoms with Gasteiger partial charge in [-0.3, -0.25) is 0 Å². The van der Waals surface area contributed by atoms with E-state index in [0.717, 1.165) is 11.3 Å². The lowest BCUT2D eigenvalue weighted by Crippen LogP contribution is -2.38. The molecule has 0 aliphatic carbocycles. The molecule has 0 saturated carbocycles. The van der Waals surface area contributed by atoms with Crippen molar-refractivity contribution in [2.45, 2.75) is 24.9 Å². The minimum atomic E-state index is -3.72. The van der Waals surface area contributed by atoms with Gasteiger partial charge in [0.15, 0.2) is 5.96 Å². The average Bonchev–Trinajstić information content (AvgIpc) is 2.88. The Bertz CT molecular complexity index is 898. The fourth-order valence-corrected chi connectivity index (χ4v) is 3.35. The van der Waals surface area contributed by atoms with E-state index in [1.165, 1.54) is 6.07 Å². The van der Waals surface area contributed by atoms with Crippen LogP contribution in [0.1, 0.15) is 18.2 Å². The van der Waals surface area contributed by atoms with Crippen molar-refractivity contribution in [2.24, 2.45) is 17.2 Å². The molecule has 1 aromatic carbocycles. The molecular formula is C17H25ClIN5O2S. The number of sulfonamides is 1. The second-order valence-electron chi connectivity index (χ2n) is 5.98. The largest absolute Gasteiger partial charge is 0.357 e. The van der Waals surface area contributed by atoms with Crippen molar-refractivity contribution in [3.8, 4) is 0 Å². The van der Waals surface area contributed by atoms with Crippen molar-refractivity contribution in [1.29, 1.82) is 0 Å². The molecule has 0 saturated heterocycles. The molecule has 0 amide bonds. The van der Waals surface area contributed by atoms with E-state index in [-0.39, 0.29) is 28.9 Å². The summed E-state index contributed by atoms with van der Waals surface area (Å²) in [6.07, 6.45) is 1.85. The zero-order valence-electron chi connectivity index (χ0n) is 15.5. The standard InChI is InChI=1S/C17H24ClN5O2S.HI/c1-4-20-17(23(3)12-15-9-14(18)11-22(15)2)21-10-13-6-5-7-16(8-13)26(19,24)25;/h5-9,11H,4,10,12H2,1-3H3,(H,20,21)(H2,19,24,25);1H. The van der Waals surface area contributed by atoms with Crippen molar-refractivity contribution in [1.82, 2.24) is 14.8 Å². The minimum Gasteiger partial charge on any atom is -0.357 e. The first-order valence-corrected chi connectivity index (χ1v) is 10.0. The molecule has 1 aromatic heterocycles. The van der Waals surface area contributed by atoms with Crippen LogP contribution < -0.4 is 10.5 Å². The number of benzene rings is 1. The first-order chi connectivity index (χ1) is 12.2. The van der Waals surface area contributed by atoms with E-state index < -0.39 is 10.0 Å². The first kappa shape index (κ1) is 23.7. The van der Waals surface area contributed by atoms with E-state index in [9.17, 15) is 8.42 Å². The van der Waals surface area contributed by atoms with E-state index in [0.29, 0.717) is 30.6 Å². The Labute approximate surface area is 182 Å². The van der Waals surface area contributed by atoms with E-state index in [2.05, 4.69) is 10.3 Å². The molecule has 27 heavy (non-hydrogen) atoms. The number of nitrogens with two attached hydrogens (primary N) is 1. The lowest BCUT2D eigenvalue weighted by molar-refractivity contribution is 0.462. The number of aliphatic imine (C=N–C) groups is 1. The molecule has 2 aromatic rings. The monoisotopic (exact) mass is 525 g/mol. The Morgan fingerprint density at radius 1 is 1.37 bits per heavy atom. The fraction of sp³-hybridized carbons (Fsp3) is 0.353. The lowest BCUT2D eigenvalue weighted by Gasteiger charge is -2.22. The number of aryl methyl sites for hydroxylation is 1. The molecule has 1 heterocycles. The molecule has 0 aliphatic rings. The summed E-state index contributed by atoms with van der Waals surface area (Å²) in [5.41, 5.74) is 1.82. The average molecular weight is 526 g/mol. The van der Waals surface area contributed by atoms with Gasteiger partial charge in [-0.05, 0) is 30.7 Å². The maximum absolute atomic E-state index is 11.5. The lowest BCUT2D eigenvalue weighted by atomic mass is 10.2. The molecule has 3 N–H and O–H groups in total. The minimum absolute atomic E-state index is 0. The predicted molar refractivity (Wildman–Crippen MR) is 120 cm³/mol. The number of halogens is 2. The van der Waals surface area contributed by atoms with Gasteiger partial charge in [-0.25, -0.2) is 18.5 Å². The summed E-state index contributed by atoms with van der Waals surface area (Å²) >= 11 is 6.04. The van der Waals surface area contributed by atoms with Crippen LogP contribution >= 0.6 is 35.6 Å². The molecule has 0 bridgehead atoms. The molecular weight excluding hydrogens is 501 g/mol. The molecule has 0 atom stereocenters. The van der Waals surface area contributed by atoms with Crippen LogP contribution in [0.25, 0.3) is 0 Å². The second-order valence-corrected chi connectivity index (χ2v) is 7.98. The smallest absolute Gasteiger partial charge is 0.238 e. The Balaban J connectivity index is 0.00000364. The van der Waals surface area contributed by atoms with Crippen molar-refractivity contribution < 1.29 is 8.42 Å². The first-order valence-electron chi connectivity index (χ1n) is 8.12. The third-order valence-electron chi connectivity index (χ3n) is 3.81. The number of primary sulfonamides is 1. The summed E-state index contributed by atoms with van der Waals surface area (Å²) in [5.74, 6) is 0.714. The van der Waals surface area contributed by atoms with Gasteiger partial charge in [-0.2, -0.15) is 0 Å². The molecule has 0 radical (unpaired) electrons. The molecule has 10 heteroatoms. The number of nitrogens with one attached hydrogen (secondary N) is 1. The number of hydrogen-bond acceptors (Lipinski definition) is 3. The van der Waals surface area contributed by atoms with E-state index in [4.69, 9.17) is 16.7 Å². The Morgan fingerprint density at radius 3 is 2.63 bits per heavy atom. The molecule has 0 fully saturated rings. The van der Waals surface area contributed by atoms with Crippen LogP contribution in [-0.4, -0.2) is 37.4 Å². The molecule has 0 aliphatic heterocycles. The Kier molecular flexibility index (Phi) is 9.06. The number of nitrogens with zero attached hydrogens (tertiary/aromatic N) is 3. The Morgan fingerprint density at radius 2 is 2.07 bits per heavy atom. The summed E-state index contributed by atoms with van der Waals surface area (Å²) in [6, 6.07) is 8.40. The van der Waals surface area contributed by atoms with Crippen LogP contribution in [0.15, 0.2) is 46.4 Å². The normalized spacial score (nSPS) is 11.8. The van der Waals surface area contributed by atoms with Crippen molar-refractivity contribution in [3.05, 3.63) is 52.8 Å². The van der Waals surface area contributed by atoms with Gasteiger partial charge in [0, 0.05) is 32.5 Å². The zero-order chi connectivity index (χ0) is 19.3. The summed E-state index contributed by atoms with van der Waals surface area (Å²) in [6.45, 7) is 3.68. The van der Waals surface area contributed by atoms with Gasteiger partial charge in [0.25, 0.3) is 0 Å². The maximum Gasteiger partial charge on any atom is 0.238 e. The molecule has 0 unspecified atom stereocenters. The van der Waals surface area contributed by atoms with Gasteiger partial charge in [-0.1, -0.05) is 23.7 Å². The number of guanidine groups is 1. The Hall–Kier alpha value is -1.30. The second kappa shape index (κ2) is 10.3. The number of hydrogen-bond donors (Lipinski definition) is 2. The van der Waals surface area contributed by atoms with Crippen molar-refractivity contribution in [2.75, 3.05) is 13.6 Å². The van der Waals surface area contributed by atoms with Gasteiger partial charge in [0.05, 0.1) is 23.0 Å². The van der Waals surface area contributed by atoms with Gasteiger partial charge in [0.1, 0.15) is 0 Å². The molecule has 150 valence electrons. The van der Waals surface area contributed by atoms with Crippen LogP contribution in [-0.2, 0) is 30.2 Å². The molecule has 2 rings (SSSR count). The van der Waals surface area contributed by atoms with Gasteiger partial charge in [-0.15, -0.1) is 24.0 Å². The van der Waals surface area contributed by atoms with Crippen LogP contribution in [0.2, 0.25) is 5.02 Å². The van der Waals surface area contributed by atoms with Crippen molar-refractivity contribution in [3.63, 3.8) is 0 Å². The van der Waals surface area contributed by atoms with Gasteiger partial charge >= 0.3 is 0 Å². The predicted octanol–water partition coefficient (Wildman–Crippen LogP) is 2.54. The van der Waals surface area contributed by atoms with E-state index in [1.807, 2.05) is 48.8 Å². The summed E-state index contributed by atoms with van der Waals surface area (Å²) in [4.78, 5) is 6.66. The summed E-state index contributed by atoms with van der Waals surface area (Å²) in [7, 11) is 0.153. The van der Waals surface area contributed by atoms with E-state index >= 15 is 0 Å². The molecule has 0 spiro atoms. The third-order valence-corrected chi connectivity index (χ3v) is 4.93. The highest BCUT2D eigenvalue weighted by atomic mass is 127. The highest BCUT2D eigenvalue weighted by molar-refractivity contribution is 14.0. The van der Waals surface area contributed by atoms with Gasteiger partial charge < -0.3 is 14.8 Å².